The zero-order valence-corrected chi connectivity index (χ0v) is 16.6. The molecule has 0 aliphatic heterocycles. The van der Waals surface area contributed by atoms with Crippen LogP contribution in [0.1, 0.15) is 18.7 Å². The van der Waals surface area contributed by atoms with Crippen molar-refractivity contribution in [3.63, 3.8) is 0 Å². The van der Waals surface area contributed by atoms with Crippen LogP contribution >= 0.6 is 11.3 Å². The molecular formula is C20H20N4O4S. The summed E-state index contributed by atoms with van der Waals surface area (Å²) >= 11 is 1.33. The standard InChI is InChI=1S/C20H20N4O4S/c1-3-10-23(19(25)12-21-14(2)18-5-4-11-28-18)20-22-17(13-29-20)15-6-8-16(9-7-15)24(26)27/h3-9,11,13-14,21H,1,10,12H2,2H3/t14-/m1/s1. The van der Waals surface area contributed by atoms with Gasteiger partial charge in [-0.15, -0.1) is 17.9 Å². The second-order valence-electron chi connectivity index (χ2n) is 6.23. The number of anilines is 1. The second-order valence-corrected chi connectivity index (χ2v) is 7.07. The molecule has 0 bridgehead atoms. The minimum Gasteiger partial charge on any atom is -0.468 e. The van der Waals surface area contributed by atoms with Gasteiger partial charge in [-0.3, -0.25) is 25.1 Å². The van der Waals surface area contributed by atoms with E-state index in [4.69, 9.17) is 4.42 Å². The summed E-state index contributed by atoms with van der Waals surface area (Å²) < 4.78 is 5.34. The van der Waals surface area contributed by atoms with Crippen LogP contribution in [0.4, 0.5) is 10.8 Å². The lowest BCUT2D eigenvalue weighted by atomic mass is 10.1. The number of non-ortho nitro benzene ring substituents is 1. The lowest BCUT2D eigenvalue weighted by Crippen LogP contribution is -2.39. The van der Waals surface area contributed by atoms with Gasteiger partial charge >= 0.3 is 0 Å². The van der Waals surface area contributed by atoms with Crippen molar-refractivity contribution < 1.29 is 14.1 Å². The highest BCUT2D eigenvalue weighted by molar-refractivity contribution is 7.14. The van der Waals surface area contributed by atoms with Crippen LogP contribution in [0, 0.1) is 10.1 Å². The highest BCUT2D eigenvalue weighted by atomic mass is 32.1. The molecule has 1 amide bonds. The van der Waals surface area contributed by atoms with Crippen molar-refractivity contribution in [2.75, 3.05) is 18.0 Å². The average Bonchev–Trinajstić information content (AvgIpc) is 3.42. The molecule has 0 fully saturated rings. The molecule has 2 heterocycles. The summed E-state index contributed by atoms with van der Waals surface area (Å²) in [7, 11) is 0. The Hall–Kier alpha value is -3.30. The van der Waals surface area contributed by atoms with Gasteiger partial charge in [-0.25, -0.2) is 4.98 Å². The first-order valence-corrected chi connectivity index (χ1v) is 9.76. The zero-order valence-electron chi connectivity index (χ0n) is 15.8. The highest BCUT2D eigenvalue weighted by Crippen LogP contribution is 2.28. The lowest BCUT2D eigenvalue weighted by Gasteiger charge is -2.19. The number of nitrogens with zero attached hydrogens (tertiary/aromatic N) is 3. The van der Waals surface area contributed by atoms with Gasteiger partial charge in [0.15, 0.2) is 5.13 Å². The van der Waals surface area contributed by atoms with E-state index in [1.807, 2.05) is 18.4 Å². The summed E-state index contributed by atoms with van der Waals surface area (Å²) in [4.78, 5) is 29.2. The smallest absolute Gasteiger partial charge is 0.269 e. The maximum absolute atomic E-state index is 12.7. The average molecular weight is 412 g/mol. The highest BCUT2D eigenvalue weighted by Gasteiger charge is 2.20. The van der Waals surface area contributed by atoms with E-state index in [2.05, 4.69) is 16.9 Å². The predicted octanol–water partition coefficient (Wildman–Crippen LogP) is 4.18. The summed E-state index contributed by atoms with van der Waals surface area (Å²) in [6.07, 6.45) is 3.23. The molecule has 3 aromatic rings. The van der Waals surface area contributed by atoms with Gasteiger partial charge in [0.25, 0.3) is 5.69 Å². The number of aromatic nitrogens is 1. The van der Waals surface area contributed by atoms with Crippen molar-refractivity contribution in [2.24, 2.45) is 0 Å². The third kappa shape index (κ3) is 4.95. The van der Waals surface area contributed by atoms with E-state index >= 15 is 0 Å². The number of thiazole rings is 1. The molecule has 9 heteroatoms. The molecule has 0 aliphatic rings. The van der Waals surface area contributed by atoms with Crippen LogP contribution in [0.15, 0.2) is 65.1 Å². The summed E-state index contributed by atoms with van der Waals surface area (Å²) in [5.41, 5.74) is 1.41. The fourth-order valence-corrected chi connectivity index (χ4v) is 3.52. The topological polar surface area (TPSA) is 102 Å². The Kier molecular flexibility index (Phi) is 6.53. The van der Waals surface area contributed by atoms with E-state index in [1.54, 1.807) is 35.4 Å². The van der Waals surface area contributed by atoms with Crippen molar-refractivity contribution in [3.8, 4) is 11.3 Å². The van der Waals surface area contributed by atoms with Crippen molar-refractivity contribution in [2.45, 2.75) is 13.0 Å². The first-order valence-electron chi connectivity index (χ1n) is 8.88. The molecule has 0 saturated carbocycles. The van der Waals surface area contributed by atoms with Crippen LogP contribution in [0.2, 0.25) is 0 Å². The number of amides is 1. The Labute approximate surface area is 171 Å². The van der Waals surface area contributed by atoms with Crippen LogP contribution < -0.4 is 10.2 Å². The first-order chi connectivity index (χ1) is 14.0. The quantitative estimate of drug-likeness (QED) is 0.321. The van der Waals surface area contributed by atoms with Gasteiger partial charge in [-0.1, -0.05) is 6.08 Å². The number of carbonyl (C=O) groups is 1. The van der Waals surface area contributed by atoms with Crippen molar-refractivity contribution in [3.05, 3.63) is 76.6 Å². The largest absolute Gasteiger partial charge is 0.468 e. The Balaban J connectivity index is 1.71. The first kappa shape index (κ1) is 20.4. The number of hydrogen-bond acceptors (Lipinski definition) is 7. The minimum absolute atomic E-state index is 0.0180. The molecule has 0 aliphatic carbocycles. The summed E-state index contributed by atoms with van der Waals surface area (Å²) in [5, 5.41) is 16.3. The Bertz CT molecular complexity index is 982. The molecule has 1 N–H and O–H groups in total. The molecule has 8 nitrogen and oxygen atoms in total. The third-order valence-corrected chi connectivity index (χ3v) is 5.10. The molecule has 0 spiro atoms. The Morgan fingerprint density at radius 2 is 2.17 bits per heavy atom. The number of nitro groups is 1. The van der Waals surface area contributed by atoms with Crippen LogP contribution in [-0.4, -0.2) is 28.9 Å². The van der Waals surface area contributed by atoms with Crippen LogP contribution in [0.5, 0.6) is 0 Å². The molecule has 29 heavy (non-hydrogen) atoms. The van der Waals surface area contributed by atoms with Crippen LogP contribution in [0.25, 0.3) is 11.3 Å². The predicted molar refractivity (Wildman–Crippen MR) is 112 cm³/mol. The molecule has 0 unspecified atom stereocenters. The van der Waals surface area contributed by atoms with Crippen LogP contribution in [0.3, 0.4) is 0 Å². The summed E-state index contributed by atoms with van der Waals surface area (Å²) in [6.45, 7) is 6.07. The number of nitrogens with one attached hydrogen (secondary N) is 1. The fourth-order valence-electron chi connectivity index (χ4n) is 2.66. The molecule has 1 aromatic carbocycles. The number of nitro benzene ring substituents is 1. The van der Waals surface area contributed by atoms with E-state index in [1.165, 1.54) is 23.5 Å². The number of hydrogen-bond donors (Lipinski definition) is 1. The van der Waals surface area contributed by atoms with Gasteiger partial charge in [0.2, 0.25) is 5.91 Å². The number of benzene rings is 1. The van der Waals surface area contributed by atoms with E-state index in [9.17, 15) is 14.9 Å². The van der Waals surface area contributed by atoms with Gasteiger partial charge in [-0.2, -0.15) is 0 Å². The van der Waals surface area contributed by atoms with Crippen molar-refractivity contribution in [1.82, 2.24) is 10.3 Å². The molecular weight excluding hydrogens is 392 g/mol. The molecule has 0 saturated heterocycles. The second kappa shape index (κ2) is 9.26. The minimum atomic E-state index is -0.447. The van der Waals surface area contributed by atoms with Gasteiger partial charge < -0.3 is 4.42 Å². The fraction of sp³-hybridized carbons (Fsp3) is 0.200. The van der Waals surface area contributed by atoms with E-state index in [-0.39, 0.29) is 24.2 Å². The van der Waals surface area contributed by atoms with Crippen molar-refractivity contribution >= 4 is 28.1 Å². The Morgan fingerprint density at radius 1 is 1.41 bits per heavy atom. The number of furan rings is 1. The van der Waals surface area contributed by atoms with Gasteiger partial charge in [0, 0.05) is 29.6 Å². The Morgan fingerprint density at radius 3 is 2.79 bits per heavy atom. The lowest BCUT2D eigenvalue weighted by molar-refractivity contribution is -0.384. The van der Waals surface area contributed by atoms with E-state index in [0.717, 1.165) is 11.3 Å². The summed E-state index contributed by atoms with van der Waals surface area (Å²) in [5.74, 6) is 0.607. The number of rotatable bonds is 9. The molecule has 2 aromatic heterocycles. The molecule has 1 atom stereocenters. The summed E-state index contributed by atoms with van der Waals surface area (Å²) in [6, 6.07) is 9.69. The van der Waals surface area contributed by atoms with Crippen molar-refractivity contribution in [1.29, 1.82) is 0 Å². The van der Waals surface area contributed by atoms with Gasteiger partial charge in [0.1, 0.15) is 5.76 Å². The van der Waals surface area contributed by atoms with E-state index < -0.39 is 4.92 Å². The normalized spacial score (nSPS) is 11.8. The molecule has 3 rings (SSSR count). The van der Waals surface area contributed by atoms with Gasteiger partial charge in [-0.05, 0) is 31.2 Å². The SMILES string of the molecule is C=CCN(C(=O)CN[C@H](C)c1ccco1)c1nc(-c2ccc([N+](=O)[O-])cc2)cs1. The third-order valence-electron chi connectivity index (χ3n) is 4.24. The molecule has 0 radical (unpaired) electrons. The maximum Gasteiger partial charge on any atom is 0.269 e. The zero-order chi connectivity index (χ0) is 20.8. The molecule has 150 valence electrons. The van der Waals surface area contributed by atoms with Crippen LogP contribution in [-0.2, 0) is 4.79 Å². The number of carbonyl (C=O) groups excluding carboxylic acids is 1. The van der Waals surface area contributed by atoms with Gasteiger partial charge in [0.05, 0.1) is 29.5 Å². The monoisotopic (exact) mass is 412 g/mol. The van der Waals surface area contributed by atoms with E-state index in [0.29, 0.717) is 17.4 Å². The maximum atomic E-state index is 12.7.